The largest absolute Gasteiger partial charge is 0.482 e. The lowest BCUT2D eigenvalue weighted by atomic mass is 10.0. The first kappa shape index (κ1) is 17.7. The standard InChI is InChI=1S/C21H17ClN2O2/c22-19-8-4-5-9-20(19)26-15-21(25)24-23-14-16-10-12-18(13-11-16)17-6-2-1-3-7-17/h1-14H,15H2,(H,24,25). The van der Waals surface area contributed by atoms with Gasteiger partial charge in [-0.3, -0.25) is 4.79 Å². The highest BCUT2D eigenvalue weighted by Crippen LogP contribution is 2.22. The molecule has 0 aliphatic carbocycles. The summed E-state index contributed by atoms with van der Waals surface area (Å²) in [6.07, 6.45) is 1.59. The Morgan fingerprint density at radius 1 is 0.923 bits per heavy atom. The molecule has 1 N–H and O–H groups in total. The molecule has 1 amide bonds. The lowest BCUT2D eigenvalue weighted by Crippen LogP contribution is -2.24. The molecule has 3 aromatic rings. The average molecular weight is 365 g/mol. The van der Waals surface area contributed by atoms with Crippen LogP contribution in [0.25, 0.3) is 11.1 Å². The predicted octanol–water partition coefficient (Wildman–Crippen LogP) is 4.54. The van der Waals surface area contributed by atoms with Crippen LogP contribution in [-0.2, 0) is 4.79 Å². The second-order valence-corrected chi connectivity index (χ2v) is 5.91. The molecule has 0 atom stereocenters. The van der Waals surface area contributed by atoms with Gasteiger partial charge in [-0.2, -0.15) is 5.10 Å². The van der Waals surface area contributed by atoms with Gasteiger partial charge in [0.05, 0.1) is 11.2 Å². The van der Waals surface area contributed by atoms with Crippen molar-refractivity contribution in [1.82, 2.24) is 5.43 Å². The Bertz CT molecular complexity index is 893. The molecule has 0 saturated carbocycles. The summed E-state index contributed by atoms with van der Waals surface area (Å²) < 4.78 is 5.35. The summed E-state index contributed by atoms with van der Waals surface area (Å²) in [5, 5.41) is 4.40. The minimum Gasteiger partial charge on any atom is -0.482 e. The van der Waals surface area contributed by atoms with E-state index in [2.05, 4.69) is 22.7 Å². The number of ether oxygens (including phenoxy) is 1. The molecule has 4 nitrogen and oxygen atoms in total. The number of hydrogen-bond donors (Lipinski definition) is 1. The molecule has 3 aromatic carbocycles. The molecule has 0 spiro atoms. The Morgan fingerprint density at radius 2 is 1.58 bits per heavy atom. The molecule has 130 valence electrons. The SMILES string of the molecule is O=C(COc1ccccc1Cl)NN=Cc1ccc(-c2ccccc2)cc1. The summed E-state index contributed by atoms with van der Waals surface area (Å²) in [4.78, 5) is 11.8. The van der Waals surface area contributed by atoms with Gasteiger partial charge in [0.15, 0.2) is 6.61 Å². The third kappa shape index (κ3) is 4.94. The molecule has 0 heterocycles. The summed E-state index contributed by atoms with van der Waals surface area (Å²) in [7, 11) is 0. The molecule has 26 heavy (non-hydrogen) atoms. The van der Waals surface area contributed by atoms with Crippen molar-refractivity contribution in [3.63, 3.8) is 0 Å². The third-order valence-corrected chi connectivity index (χ3v) is 3.93. The van der Waals surface area contributed by atoms with E-state index in [1.165, 1.54) is 0 Å². The maximum Gasteiger partial charge on any atom is 0.277 e. The number of nitrogens with one attached hydrogen (secondary N) is 1. The summed E-state index contributed by atoms with van der Waals surface area (Å²) in [5.74, 6) is 0.104. The highest BCUT2D eigenvalue weighted by Gasteiger charge is 2.04. The van der Waals surface area contributed by atoms with Gasteiger partial charge in [0, 0.05) is 0 Å². The van der Waals surface area contributed by atoms with Crippen LogP contribution in [0.2, 0.25) is 5.02 Å². The average Bonchev–Trinajstić information content (AvgIpc) is 2.69. The number of halogens is 1. The van der Waals surface area contributed by atoms with E-state index in [1.807, 2.05) is 42.5 Å². The van der Waals surface area contributed by atoms with E-state index in [9.17, 15) is 4.79 Å². The number of para-hydroxylation sites is 1. The van der Waals surface area contributed by atoms with Crippen LogP contribution >= 0.6 is 11.6 Å². The zero-order valence-electron chi connectivity index (χ0n) is 13.9. The highest BCUT2D eigenvalue weighted by atomic mass is 35.5. The monoisotopic (exact) mass is 364 g/mol. The van der Waals surface area contributed by atoms with Gasteiger partial charge in [0.25, 0.3) is 5.91 Å². The summed E-state index contributed by atoms with van der Waals surface area (Å²) in [6.45, 7) is -0.159. The lowest BCUT2D eigenvalue weighted by Gasteiger charge is -2.06. The van der Waals surface area contributed by atoms with Gasteiger partial charge in [-0.1, -0.05) is 78.3 Å². The van der Waals surface area contributed by atoms with Crippen molar-refractivity contribution in [2.75, 3.05) is 6.61 Å². The van der Waals surface area contributed by atoms with Crippen molar-refractivity contribution in [1.29, 1.82) is 0 Å². The molecular formula is C21H17ClN2O2. The van der Waals surface area contributed by atoms with Crippen LogP contribution in [-0.4, -0.2) is 18.7 Å². The van der Waals surface area contributed by atoms with E-state index in [4.69, 9.17) is 16.3 Å². The van der Waals surface area contributed by atoms with E-state index in [0.717, 1.165) is 16.7 Å². The molecule has 0 aliphatic heterocycles. The Labute approximate surface area is 157 Å². The molecule has 0 fully saturated rings. The van der Waals surface area contributed by atoms with Crippen LogP contribution in [0, 0.1) is 0 Å². The molecule has 0 aromatic heterocycles. The maximum atomic E-state index is 11.8. The number of carbonyl (C=O) groups is 1. The summed E-state index contributed by atoms with van der Waals surface area (Å²) in [5.41, 5.74) is 5.59. The van der Waals surface area contributed by atoms with Gasteiger partial charge in [-0.05, 0) is 28.8 Å². The Hall–Kier alpha value is -3.11. The zero-order chi connectivity index (χ0) is 18.2. The fourth-order valence-corrected chi connectivity index (χ4v) is 2.50. The topological polar surface area (TPSA) is 50.7 Å². The van der Waals surface area contributed by atoms with Crippen LogP contribution in [0.5, 0.6) is 5.75 Å². The molecule has 0 unspecified atom stereocenters. The predicted molar refractivity (Wildman–Crippen MR) is 105 cm³/mol. The summed E-state index contributed by atoms with van der Waals surface area (Å²) >= 11 is 5.96. The van der Waals surface area contributed by atoms with Gasteiger partial charge in [0.2, 0.25) is 0 Å². The smallest absolute Gasteiger partial charge is 0.277 e. The normalized spacial score (nSPS) is 10.7. The summed E-state index contributed by atoms with van der Waals surface area (Å²) in [6, 6.07) is 25.0. The van der Waals surface area contributed by atoms with Gasteiger partial charge in [-0.15, -0.1) is 0 Å². The molecule has 0 aliphatic rings. The zero-order valence-corrected chi connectivity index (χ0v) is 14.7. The van der Waals surface area contributed by atoms with Crippen LogP contribution in [0.15, 0.2) is 84.0 Å². The lowest BCUT2D eigenvalue weighted by molar-refractivity contribution is -0.123. The molecule has 0 saturated heterocycles. The van der Waals surface area contributed by atoms with E-state index >= 15 is 0 Å². The van der Waals surface area contributed by atoms with Gasteiger partial charge >= 0.3 is 0 Å². The van der Waals surface area contributed by atoms with Crippen molar-refractivity contribution >= 4 is 23.7 Å². The minimum atomic E-state index is -0.359. The second kappa shape index (κ2) is 8.83. The van der Waals surface area contributed by atoms with Gasteiger partial charge in [0.1, 0.15) is 5.75 Å². The molecule has 3 rings (SSSR count). The molecule has 5 heteroatoms. The van der Waals surface area contributed by atoms with Gasteiger partial charge in [-0.25, -0.2) is 5.43 Å². The van der Waals surface area contributed by atoms with E-state index < -0.39 is 0 Å². The van der Waals surface area contributed by atoms with E-state index in [-0.39, 0.29) is 12.5 Å². The van der Waals surface area contributed by atoms with Crippen molar-refractivity contribution in [3.8, 4) is 16.9 Å². The fourth-order valence-electron chi connectivity index (χ4n) is 2.31. The Kier molecular flexibility index (Phi) is 6.01. The first-order chi connectivity index (χ1) is 12.7. The Morgan fingerprint density at radius 3 is 2.31 bits per heavy atom. The highest BCUT2D eigenvalue weighted by molar-refractivity contribution is 6.32. The number of hydrazone groups is 1. The minimum absolute atomic E-state index is 0.159. The number of hydrogen-bond acceptors (Lipinski definition) is 3. The van der Waals surface area contributed by atoms with E-state index in [0.29, 0.717) is 10.8 Å². The number of nitrogens with zero attached hydrogens (tertiary/aromatic N) is 1. The van der Waals surface area contributed by atoms with Crippen molar-refractivity contribution in [3.05, 3.63) is 89.4 Å². The number of benzene rings is 3. The van der Waals surface area contributed by atoms with Crippen LogP contribution in [0.3, 0.4) is 0 Å². The Balaban J connectivity index is 1.50. The van der Waals surface area contributed by atoms with Crippen molar-refractivity contribution in [2.45, 2.75) is 0 Å². The molecule has 0 bridgehead atoms. The molecular weight excluding hydrogens is 348 g/mol. The van der Waals surface area contributed by atoms with Crippen molar-refractivity contribution in [2.24, 2.45) is 5.10 Å². The van der Waals surface area contributed by atoms with Crippen LogP contribution < -0.4 is 10.2 Å². The van der Waals surface area contributed by atoms with Crippen LogP contribution in [0.4, 0.5) is 0 Å². The first-order valence-electron chi connectivity index (χ1n) is 8.07. The molecule has 0 radical (unpaired) electrons. The third-order valence-electron chi connectivity index (χ3n) is 3.62. The van der Waals surface area contributed by atoms with Gasteiger partial charge < -0.3 is 4.74 Å². The number of carbonyl (C=O) groups excluding carboxylic acids is 1. The van der Waals surface area contributed by atoms with Crippen molar-refractivity contribution < 1.29 is 9.53 Å². The first-order valence-corrected chi connectivity index (χ1v) is 8.45. The fraction of sp³-hybridized carbons (Fsp3) is 0.0476. The quantitative estimate of drug-likeness (QED) is 0.516. The van der Waals surface area contributed by atoms with Crippen LogP contribution in [0.1, 0.15) is 5.56 Å². The number of amides is 1. The second-order valence-electron chi connectivity index (χ2n) is 5.50. The maximum absolute atomic E-state index is 11.8. The van der Waals surface area contributed by atoms with E-state index in [1.54, 1.807) is 30.5 Å². The number of rotatable bonds is 6.